The number of nitrogens with zero attached hydrogens (tertiary/aromatic N) is 3. The smallest absolute Gasteiger partial charge is 0.254 e. The molecule has 0 saturated carbocycles. The zero-order chi connectivity index (χ0) is 18.5. The molecule has 27 heavy (non-hydrogen) atoms. The van der Waals surface area contributed by atoms with Gasteiger partial charge in [0.2, 0.25) is 0 Å². The molecule has 0 radical (unpaired) electrons. The quantitative estimate of drug-likeness (QED) is 0.667. The Kier molecular flexibility index (Phi) is 3.97. The molecule has 0 N–H and O–H groups in total. The summed E-state index contributed by atoms with van der Waals surface area (Å²) in [4.78, 5) is 21.2. The molecule has 3 aromatic rings. The van der Waals surface area contributed by atoms with Gasteiger partial charge in [-0.1, -0.05) is 6.07 Å². The monoisotopic (exact) mass is 381 g/mol. The van der Waals surface area contributed by atoms with Crippen LogP contribution in [0.5, 0.6) is 5.75 Å². The van der Waals surface area contributed by atoms with Crippen molar-refractivity contribution >= 4 is 28.3 Å². The SMILES string of the molecule is Cc1nc2c3c(c(C(=O)N4CCCC4)cc2n1C)CC[C@@H](c1cccs1)O3. The molecule has 0 spiro atoms. The molecule has 6 heteroatoms. The minimum absolute atomic E-state index is 0.0418. The van der Waals surface area contributed by atoms with Crippen LogP contribution in [-0.2, 0) is 13.5 Å². The predicted molar refractivity (Wildman–Crippen MR) is 107 cm³/mol. The van der Waals surface area contributed by atoms with Crippen LogP contribution in [0.15, 0.2) is 23.6 Å². The van der Waals surface area contributed by atoms with E-state index in [2.05, 4.69) is 22.1 Å². The molecule has 2 aromatic heterocycles. The lowest BCUT2D eigenvalue weighted by Crippen LogP contribution is -2.29. The second-order valence-corrected chi connectivity index (χ2v) is 8.46. The maximum atomic E-state index is 13.2. The van der Waals surface area contributed by atoms with Crippen LogP contribution < -0.4 is 4.74 Å². The average Bonchev–Trinajstić information content (AvgIpc) is 3.44. The van der Waals surface area contributed by atoms with Gasteiger partial charge in [0.15, 0.2) is 5.75 Å². The number of rotatable bonds is 2. The summed E-state index contributed by atoms with van der Waals surface area (Å²) in [6.45, 7) is 3.71. The molecule has 1 fully saturated rings. The molecule has 0 unspecified atom stereocenters. The molecule has 5 rings (SSSR count). The normalized spacial score (nSPS) is 19.3. The standard InChI is InChI=1S/C21H23N3O2S/c1-13-22-19-16(23(13)2)12-15(21(25)24-9-3-4-10-24)14-7-8-17(26-20(14)19)18-6-5-11-27-18/h5-6,11-12,17H,3-4,7-10H2,1-2H3/t17-/m0/s1. The van der Waals surface area contributed by atoms with E-state index in [1.807, 2.05) is 24.9 Å². The minimum Gasteiger partial charge on any atom is -0.482 e. The summed E-state index contributed by atoms with van der Waals surface area (Å²) in [6, 6.07) is 6.22. The molecule has 5 nitrogen and oxygen atoms in total. The molecule has 1 amide bonds. The number of aromatic nitrogens is 2. The molecule has 140 valence electrons. The molecule has 1 atom stereocenters. The first-order chi connectivity index (χ1) is 13.1. The summed E-state index contributed by atoms with van der Waals surface area (Å²) in [5.41, 5.74) is 3.68. The van der Waals surface area contributed by atoms with Crippen molar-refractivity contribution in [3.05, 3.63) is 45.4 Å². The molecule has 1 aromatic carbocycles. The highest BCUT2D eigenvalue weighted by atomic mass is 32.1. The number of aryl methyl sites for hydroxylation is 2. The third kappa shape index (κ3) is 2.65. The maximum Gasteiger partial charge on any atom is 0.254 e. The first-order valence-corrected chi connectivity index (χ1v) is 10.5. The number of hydrogen-bond donors (Lipinski definition) is 0. The number of likely N-dealkylation sites (tertiary alicyclic amines) is 1. The minimum atomic E-state index is 0.0418. The number of amides is 1. The number of imidazole rings is 1. The summed E-state index contributed by atoms with van der Waals surface area (Å²) in [7, 11) is 2.00. The van der Waals surface area contributed by atoms with E-state index in [1.54, 1.807) is 11.3 Å². The van der Waals surface area contributed by atoms with Crippen molar-refractivity contribution in [3.63, 3.8) is 0 Å². The second kappa shape index (κ2) is 6.37. The van der Waals surface area contributed by atoms with Crippen molar-refractivity contribution in [1.29, 1.82) is 0 Å². The van der Waals surface area contributed by atoms with Gasteiger partial charge in [-0.05, 0) is 50.1 Å². The van der Waals surface area contributed by atoms with E-state index in [0.29, 0.717) is 0 Å². The largest absolute Gasteiger partial charge is 0.482 e. The van der Waals surface area contributed by atoms with Gasteiger partial charge in [-0.2, -0.15) is 0 Å². The number of ether oxygens (including phenoxy) is 1. The molecule has 0 aliphatic carbocycles. The zero-order valence-electron chi connectivity index (χ0n) is 15.7. The topological polar surface area (TPSA) is 47.4 Å². The fourth-order valence-electron chi connectivity index (χ4n) is 4.26. The van der Waals surface area contributed by atoms with Crippen molar-refractivity contribution in [2.75, 3.05) is 13.1 Å². The molecule has 4 heterocycles. The van der Waals surface area contributed by atoms with Crippen LogP contribution in [0.2, 0.25) is 0 Å². The molecule has 2 aliphatic rings. The number of carbonyl (C=O) groups is 1. The number of thiophene rings is 1. The van der Waals surface area contributed by atoms with E-state index < -0.39 is 0 Å². The van der Waals surface area contributed by atoms with Crippen molar-refractivity contribution in [2.45, 2.75) is 38.7 Å². The van der Waals surface area contributed by atoms with Crippen LogP contribution in [0.4, 0.5) is 0 Å². The third-order valence-corrected chi connectivity index (χ3v) is 6.82. The summed E-state index contributed by atoms with van der Waals surface area (Å²) in [6.07, 6.45) is 3.97. The Hall–Kier alpha value is -2.34. The van der Waals surface area contributed by atoms with Crippen molar-refractivity contribution in [2.24, 2.45) is 7.05 Å². The van der Waals surface area contributed by atoms with Crippen molar-refractivity contribution in [1.82, 2.24) is 14.5 Å². The Morgan fingerprint density at radius 2 is 2.15 bits per heavy atom. The molecule has 0 bridgehead atoms. The summed E-state index contributed by atoms with van der Waals surface area (Å²) in [5, 5.41) is 2.09. The van der Waals surface area contributed by atoms with Gasteiger partial charge in [0, 0.05) is 36.1 Å². The third-order valence-electron chi connectivity index (χ3n) is 5.86. The Bertz CT molecular complexity index is 1020. The van der Waals surface area contributed by atoms with E-state index >= 15 is 0 Å². The number of hydrogen-bond acceptors (Lipinski definition) is 4. The number of carbonyl (C=O) groups excluding carboxylic acids is 1. The molecular weight excluding hydrogens is 358 g/mol. The second-order valence-electron chi connectivity index (χ2n) is 7.48. The van der Waals surface area contributed by atoms with Gasteiger partial charge in [0.1, 0.15) is 17.4 Å². The average molecular weight is 382 g/mol. The number of fused-ring (bicyclic) bond motifs is 3. The van der Waals surface area contributed by atoms with Crippen LogP contribution in [0, 0.1) is 6.92 Å². The van der Waals surface area contributed by atoms with Gasteiger partial charge < -0.3 is 14.2 Å². The van der Waals surface area contributed by atoms with Gasteiger partial charge in [-0.3, -0.25) is 4.79 Å². The van der Waals surface area contributed by atoms with Crippen molar-refractivity contribution < 1.29 is 9.53 Å². The van der Waals surface area contributed by atoms with Crippen LogP contribution in [0.1, 0.15) is 52.0 Å². The Morgan fingerprint density at radius 1 is 1.33 bits per heavy atom. The Morgan fingerprint density at radius 3 is 2.89 bits per heavy atom. The fraction of sp³-hybridized carbons (Fsp3) is 0.429. The molecule has 2 aliphatic heterocycles. The highest BCUT2D eigenvalue weighted by molar-refractivity contribution is 7.10. The summed E-state index contributed by atoms with van der Waals surface area (Å²) >= 11 is 1.72. The van der Waals surface area contributed by atoms with Crippen LogP contribution >= 0.6 is 11.3 Å². The highest BCUT2D eigenvalue weighted by Crippen LogP contribution is 2.42. The molecular formula is C21H23N3O2S. The van der Waals surface area contributed by atoms with E-state index in [1.165, 1.54) is 4.88 Å². The van der Waals surface area contributed by atoms with Gasteiger partial charge in [-0.15, -0.1) is 11.3 Å². The zero-order valence-corrected chi connectivity index (χ0v) is 16.5. The Labute approximate surface area is 162 Å². The van der Waals surface area contributed by atoms with Gasteiger partial charge in [0.05, 0.1) is 5.52 Å². The maximum absolute atomic E-state index is 13.2. The number of benzene rings is 1. The highest BCUT2D eigenvalue weighted by Gasteiger charge is 2.31. The van der Waals surface area contributed by atoms with Gasteiger partial charge >= 0.3 is 0 Å². The summed E-state index contributed by atoms with van der Waals surface area (Å²) < 4.78 is 8.53. The van der Waals surface area contributed by atoms with Gasteiger partial charge in [0.25, 0.3) is 5.91 Å². The lowest BCUT2D eigenvalue weighted by atomic mass is 9.94. The summed E-state index contributed by atoms with van der Waals surface area (Å²) in [5.74, 6) is 1.88. The van der Waals surface area contributed by atoms with Gasteiger partial charge in [-0.25, -0.2) is 4.98 Å². The Balaban J connectivity index is 1.66. The predicted octanol–water partition coefficient (Wildman–Crippen LogP) is 4.25. The van der Waals surface area contributed by atoms with Crippen LogP contribution in [0.25, 0.3) is 11.0 Å². The lowest BCUT2D eigenvalue weighted by molar-refractivity contribution is 0.0789. The first kappa shape index (κ1) is 16.8. The van der Waals surface area contributed by atoms with Crippen LogP contribution in [-0.4, -0.2) is 33.4 Å². The van der Waals surface area contributed by atoms with Crippen LogP contribution in [0.3, 0.4) is 0 Å². The lowest BCUT2D eigenvalue weighted by Gasteiger charge is -2.28. The molecule has 1 saturated heterocycles. The van der Waals surface area contributed by atoms with E-state index in [4.69, 9.17) is 9.72 Å². The van der Waals surface area contributed by atoms with E-state index in [0.717, 1.165) is 72.5 Å². The van der Waals surface area contributed by atoms with Crippen molar-refractivity contribution in [3.8, 4) is 5.75 Å². The first-order valence-electron chi connectivity index (χ1n) is 9.61. The van der Waals surface area contributed by atoms with E-state index in [-0.39, 0.29) is 12.0 Å². The van der Waals surface area contributed by atoms with E-state index in [9.17, 15) is 4.79 Å². The fourth-order valence-corrected chi connectivity index (χ4v) is 5.05.